The minimum Gasteiger partial charge on any atom is -0.354 e. The maximum absolute atomic E-state index is 13.3. The van der Waals surface area contributed by atoms with Gasteiger partial charge in [0.05, 0.1) is 30.0 Å². The molecule has 1 saturated heterocycles. The van der Waals surface area contributed by atoms with Crippen molar-refractivity contribution in [3.63, 3.8) is 0 Å². The Balaban J connectivity index is 1.43. The fourth-order valence-electron chi connectivity index (χ4n) is 4.77. The normalized spacial score (nSPS) is 17.4. The monoisotopic (exact) mass is 477 g/mol. The number of rotatable bonds is 4. The molecule has 1 fully saturated rings. The summed E-state index contributed by atoms with van der Waals surface area (Å²) >= 11 is 0. The van der Waals surface area contributed by atoms with Crippen molar-refractivity contribution in [3.8, 4) is 11.3 Å². The summed E-state index contributed by atoms with van der Waals surface area (Å²) in [6, 6.07) is 5.94. The van der Waals surface area contributed by atoms with Crippen molar-refractivity contribution in [2.24, 2.45) is 13.0 Å². The van der Waals surface area contributed by atoms with Gasteiger partial charge in [-0.15, -0.1) is 0 Å². The molecule has 1 aromatic carbocycles. The summed E-state index contributed by atoms with van der Waals surface area (Å²) in [6.07, 6.45) is 4.98. The smallest absolute Gasteiger partial charge is 0.231 e. The summed E-state index contributed by atoms with van der Waals surface area (Å²) in [5, 5.41) is 4.30. The van der Waals surface area contributed by atoms with E-state index in [0.29, 0.717) is 50.4 Å². The number of nitrogens with zero attached hydrogens (tertiary/aromatic N) is 7. The van der Waals surface area contributed by atoms with Gasteiger partial charge in [-0.3, -0.25) is 14.3 Å². The van der Waals surface area contributed by atoms with Crippen molar-refractivity contribution >= 4 is 23.3 Å². The summed E-state index contributed by atoms with van der Waals surface area (Å²) < 4.78 is 15.0. The number of benzene rings is 1. The highest BCUT2D eigenvalue weighted by molar-refractivity contribution is 5.95. The van der Waals surface area contributed by atoms with E-state index in [4.69, 9.17) is 9.97 Å². The summed E-state index contributed by atoms with van der Waals surface area (Å²) in [7, 11) is 3.57. The molecule has 35 heavy (non-hydrogen) atoms. The molecule has 0 aliphatic carbocycles. The van der Waals surface area contributed by atoms with Gasteiger partial charge < -0.3 is 14.7 Å². The lowest BCUT2D eigenvalue weighted by molar-refractivity contribution is -0.129. The lowest BCUT2D eigenvalue weighted by Crippen LogP contribution is -2.36. The SMILES string of the molecule is CC(=O)N1CCc2nc(N3CCC(C(=O)N(C)c4ccc(F)cc4)C3)c(-c3cnn(C)c3)nc2C1. The standard InChI is InChI=1S/C25H28FN7O2/c1-16(34)32-11-9-21-22(15-32)28-23(18-12-27-30(2)13-18)24(29-21)33-10-8-17(14-33)25(35)31(3)20-6-4-19(26)5-7-20/h4-7,12-13,17H,8-11,14-15H2,1-3H3. The van der Waals surface area contributed by atoms with Gasteiger partial charge in [-0.1, -0.05) is 0 Å². The highest BCUT2D eigenvalue weighted by Gasteiger charge is 2.34. The van der Waals surface area contributed by atoms with Crippen LogP contribution in [0.2, 0.25) is 0 Å². The maximum atomic E-state index is 13.3. The zero-order valence-corrected chi connectivity index (χ0v) is 20.1. The molecule has 2 aromatic heterocycles. The van der Waals surface area contributed by atoms with Gasteiger partial charge in [0.15, 0.2) is 5.82 Å². The number of aryl methyl sites for hydroxylation is 1. The molecule has 2 amide bonds. The van der Waals surface area contributed by atoms with Gasteiger partial charge in [0.25, 0.3) is 0 Å². The zero-order valence-electron chi connectivity index (χ0n) is 20.1. The molecule has 1 unspecified atom stereocenters. The number of amides is 2. The molecule has 9 nitrogen and oxygen atoms in total. The van der Waals surface area contributed by atoms with E-state index in [2.05, 4.69) is 10.00 Å². The van der Waals surface area contributed by atoms with E-state index in [-0.39, 0.29) is 23.5 Å². The summed E-state index contributed by atoms with van der Waals surface area (Å²) in [4.78, 5) is 40.6. The fraction of sp³-hybridized carbons (Fsp3) is 0.400. The Morgan fingerprint density at radius 3 is 2.57 bits per heavy atom. The molecule has 182 valence electrons. The second-order valence-corrected chi connectivity index (χ2v) is 9.19. The predicted octanol–water partition coefficient (Wildman–Crippen LogP) is 2.41. The van der Waals surface area contributed by atoms with Crippen LogP contribution in [0, 0.1) is 11.7 Å². The number of hydrogen-bond acceptors (Lipinski definition) is 6. The highest BCUT2D eigenvalue weighted by Crippen LogP contribution is 2.34. The van der Waals surface area contributed by atoms with Gasteiger partial charge in [0, 0.05) is 64.5 Å². The summed E-state index contributed by atoms with van der Waals surface area (Å²) in [5.41, 5.74) is 3.91. The third-order valence-corrected chi connectivity index (χ3v) is 6.80. The molecule has 0 N–H and O–H groups in total. The van der Waals surface area contributed by atoms with Gasteiger partial charge in [-0.05, 0) is 30.7 Å². The molecule has 4 heterocycles. The second kappa shape index (κ2) is 9.09. The van der Waals surface area contributed by atoms with Crippen molar-refractivity contribution in [2.45, 2.75) is 26.3 Å². The van der Waals surface area contributed by atoms with Crippen LogP contribution in [0.1, 0.15) is 24.7 Å². The van der Waals surface area contributed by atoms with E-state index < -0.39 is 0 Å². The number of hydrogen-bond donors (Lipinski definition) is 0. The van der Waals surface area contributed by atoms with E-state index in [9.17, 15) is 14.0 Å². The molecule has 10 heteroatoms. The Kier molecular flexibility index (Phi) is 5.96. The fourth-order valence-corrected chi connectivity index (χ4v) is 4.77. The minimum absolute atomic E-state index is 0.00921. The first-order chi connectivity index (χ1) is 16.8. The third kappa shape index (κ3) is 4.48. The predicted molar refractivity (Wildman–Crippen MR) is 129 cm³/mol. The number of anilines is 2. The Bertz CT molecular complexity index is 1270. The van der Waals surface area contributed by atoms with Crippen molar-refractivity contribution in [3.05, 3.63) is 53.9 Å². The van der Waals surface area contributed by atoms with Crippen LogP contribution >= 0.6 is 0 Å². The first-order valence-electron chi connectivity index (χ1n) is 11.7. The summed E-state index contributed by atoms with van der Waals surface area (Å²) in [6.45, 7) is 3.82. The first kappa shape index (κ1) is 22.9. The first-order valence-corrected chi connectivity index (χ1v) is 11.7. The lowest BCUT2D eigenvalue weighted by Gasteiger charge is -2.29. The van der Waals surface area contributed by atoms with Crippen LogP contribution in [0.3, 0.4) is 0 Å². The molecule has 0 radical (unpaired) electrons. The molecule has 2 aliphatic rings. The van der Waals surface area contributed by atoms with Gasteiger partial charge in [0.1, 0.15) is 11.5 Å². The van der Waals surface area contributed by atoms with Crippen LogP contribution in [0.4, 0.5) is 15.9 Å². The van der Waals surface area contributed by atoms with Crippen molar-refractivity contribution in [2.75, 3.05) is 36.5 Å². The number of carbonyl (C=O) groups is 2. The molecule has 2 aliphatic heterocycles. The largest absolute Gasteiger partial charge is 0.354 e. The number of halogens is 1. The number of aromatic nitrogens is 4. The quantitative estimate of drug-likeness (QED) is 0.574. The molecular formula is C25H28FN7O2. The Morgan fingerprint density at radius 1 is 1.11 bits per heavy atom. The average Bonchev–Trinajstić information content (AvgIpc) is 3.52. The topological polar surface area (TPSA) is 87.5 Å². The number of carbonyl (C=O) groups excluding carboxylic acids is 2. The molecule has 1 atom stereocenters. The Labute approximate surface area is 203 Å². The second-order valence-electron chi connectivity index (χ2n) is 9.19. The highest BCUT2D eigenvalue weighted by atomic mass is 19.1. The van der Waals surface area contributed by atoms with Gasteiger partial charge >= 0.3 is 0 Å². The number of fused-ring (bicyclic) bond motifs is 1. The van der Waals surface area contributed by atoms with E-state index in [1.54, 1.807) is 46.8 Å². The molecule has 0 saturated carbocycles. The van der Waals surface area contributed by atoms with Crippen LogP contribution in [0.5, 0.6) is 0 Å². The van der Waals surface area contributed by atoms with E-state index in [1.807, 2.05) is 13.2 Å². The van der Waals surface area contributed by atoms with E-state index in [1.165, 1.54) is 12.1 Å². The van der Waals surface area contributed by atoms with Crippen molar-refractivity contribution in [1.82, 2.24) is 24.6 Å². The summed E-state index contributed by atoms with van der Waals surface area (Å²) in [5.74, 6) is 0.216. The van der Waals surface area contributed by atoms with E-state index in [0.717, 1.165) is 22.8 Å². The minimum atomic E-state index is -0.332. The van der Waals surface area contributed by atoms with Crippen molar-refractivity contribution in [1.29, 1.82) is 0 Å². The molecule has 0 bridgehead atoms. The molecule has 3 aromatic rings. The molecule has 0 spiro atoms. The molecule has 5 rings (SSSR count). The van der Waals surface area contributed by atoms with Gasteiger partial charge in [-0.25, -0.2) is 14.4 Å². The molecular weight excluding hydrogens is 449 g/mol. The van der Waals surface area contributed by atoms with Crippen LogP contribution in [-0.2, 0) is 29.6 Å². The third-order valence-electron chi connectivity index (χ3n) is 6.80. The van der Waals surface area contributed by atoms with Crippen LogP contribution in [0.15, 0.2) is 36.7 Å². The Morgan fingerprint density at radius 2 is 1.89 bits per heavy atom. The Hall–Kier alpha value is -3.82. The lowest BCUT2D eigenvalue weighted by atomic mass is 10.1. The van der Waals surface area contributed by atoms with Crippen LogP contribution in [-0.4, -0.2) is 63.1 Å². The van der Waals surface area contributed by atoms with E-state index >= 15 is 0 Å². The van der Waals surface area contributed by atoms with Crippen molar-refractivity contribution < 1.29 is 14.0 Å². The average molecular weight is 478 g/mol. The van der Waals surface area contributed by atoms with Gasteiger partial charge in [0.2, 0.25) is 11.8 Å². The van der Waals surface area contributed by atoms with Gasteiger partial charge in [-0.2, -0.15) is 5.10 Å². The van der Waals surface area contributed by atoms with Crippen LogP contribution < -0.4 is 9.80 Å². The van der Waals surface area contributed by atoms with Crippen LogP contribution in [0.25, 0.3) is 11.3 Å². The zero-order chi connectivity index (χ0) is 24.7. The maximum Gasteiger partial charge on any atom is 0.231 e.